The lowest BCUT2D eigenvalue weighted by Gasteiger charge is -2.31. The summed E-state index contributed by atoms with van der Waals surface area (Å²) >= 11 is 0. The number of anilines is 1. The molecule has 0 saturated carbocycles. The standard InChI is InChI=1S/C28H31FN2O4S/c1-3-4-17-36(33)31-22-15-16-30-26-24(22)25(29)19(2)23(28(32)35-21-13-9-6-10-14-21)27(26)34-18-20-11-7-5-8-12-20/h5-14,22,30-31H,3-4,15-18H2,1-2H3. The molecule has 0 aliphatic carbocycles. The van der Waals surface area contributed by atoms with Gasteiger partial charge in [0.05, 0.1) is 22.7 Å². The second-order valence-electron chi connectivity index (χ2n) is 8.70. The minimum Gasteiger partial charge on any atom is -0.486 e. The van der Waals surface area contributed by atoms with Gasteiger partial charge >= 0.3 is 5.97 Å². The van der Waals surface area contributed by atoms with Crippen LogP contribution < -0.4 is 19.5 Å². The number of para-hydroxylation sites is 1. The van der Waals surface area contributed by atoms with Crippen LogP contribution in [0.1, 0.15) is 59.3 Å². The van der Waals surface area contributed by atoms with Crippen molar-refractivity contribution in [1.29, 1.82) is 0 Å². The van der Waals surface area contributed by atoms with E-state index in [2.05, 4.69) is 10.0 Å². The van der Waals surface area contributed by atoms with Crippen LogP contribution in [0.2, 0.25) is 0 Å². The zero-order valence-electron chi connectivity index (χ0n) is 20.5. The summed E-state index contributed by atoms with van der Waals surface area (Å²) in [6, 6.07) is 17.7. The highest BCUT2D eigenvalue weighted by atomic mass is 32.2. The fraction of sp³-hybridized carbons (Fsp3) is 0.321. The molecule has 190 valence electrons. The van der Waals surface area contributed by atoms with E-state index in [1.54, 1.807) is 31.2 Å². The Morgan fingerprint density at radius 2 is 1.83 bits per heavy atom. The van der Waals surface area contributed by atoms with Gasteiger partial charge in [0.25, 0.3) is 0 Å². The van der Waals surface area contributed by atoms with E-state index in [0.717, 1.165) is 18.4 Å². The Morgan fingerprint density at radius 3 is 2.53 bits per heavy atom. The molecule has 0 saturated heterocycles. The molecule has 2 N–H and O–H groups in total. The fourth-order valence-electron chi connectivity index (χ4n) is 4.21. The summed E-state index contributed by atoms with van der Waals surface area (Å²) < 4.78 is 43.4. The monoisotopic (exact) mass is 510 g/mol. The van der Waals surface area contributed by atoms with E-state index in [0.29, 0.717) is 35.7 Å². The second kappa shape index (κ2) is 12.1. The topological polar surface area (TPSA) is 76.7 Å². The van der Waals surface area contributed by atoms with Crippen molar-refractivity contribution in [3.8, 4) is 11.5 Å². The van der Waals surface area contributed by atoms with Crippen LogP contribution in [0.3, 0.4) is 0 Å². The van der Waals surface area contributed by atoms with E-state index >= 15 is 4.39 Å². The normalized spacial score (nSPS) is 15.5. The summed E-state index contributed by atoms with van der Waals surface area (Å²) in [5.41, 5.74) is 1.80. The van der Waals surface area contributed by atoms with Crippen molar-refractivity contribution in [2.45, 2.75) is 45.8 Å². The Morgan fingerprint density at radius 1 is 1.14 bits per heavy atom. The van der Waals surface area contributed by atoms with Gasteiger partial charge in [0.1, 0.15) is 23.7 Å². The minimum atomic E-state index is -1.30. The van der Waals surface area contributed by atoms with Crippen LogP contribution in [0.25, 0.3) is 0 Å². The number of benzene rings is 3. The number of carbonyl (C=O) groups excluding carboxylic acids is 1. The summed E-state index contributed by atoms with van der Waals surface area (Å²) in [7, 11) is -1.30. The number of esters is 1. The van der Waals surface area contributed by atoms with Crippen LogP contribution in [0.15, 0.2) is 60.7 Å². The molecule has 1 aliphatic heterocycles. The number of fused-ring (bicyclic) bond motifs is 1. The van der Waals surface area contributed by atoms with Gasteiger partial charge in [0.2, 0.25) is 0 Å². The Bertz CT molecular complexity index is 1220. The Labute approximate surface area is 213 Å². The number of carbonyl (C=O) groups is 1. The lowest BCUT2D eigenvalue weighted by molar-refractivity contribution is 0.0728. The maximum absolute atomic E-state index is 15.9. The Hall–Kier alpha value is -3.23. The first kappa shape index (κ1) is 25.9. The number of unbranched alkanes of at least 4 members (excludes halogenated alkanes) is 1. The van der Waals surface area contributed by atoms with E-state index in [9.17, 15) is 9.00 Å². The molecule has 1 aliphatic rings. The molecule has 3 aromatic rings. The van der Waals surface area contributed by atoms with E-state index in [-0.39, 0.29) is 23.5 Å². The minimum absolute atomic E-state index is 0.0336. The van der Waals surface area contributed by atoms with Gasteiger partial charge in [-0.2, -0.15) is 0 Å². The highest BCUT2D eigenvalue weighted by Gasteiger charge is 2.34. The summed E-state index contributed by atoms with van der Waals surface area (Å²) in [5.74, 6) is -0.150. The van der Waals surface area contributed by atoms with E-state index < -0.39 is 28.8 Å². The van der Waals surface area contributed by atoms with Crippen LogP contribution in [0.4, 0.5) is 10.1 Å². The van der Waals surface area contributed by atoms with Crippen molar-refractivity contribution in [2.75, 3.05) is 17.6 Å². The average Bonchev–Trinajstić information content (AvgIpc) is 2.89. The lowest BCUT2D eigenvalue weighted by atomic mass is 9.92. The van der Waals surface area contributed by atoms with Gasteiger partial charge in [0, 0.05) is 23.4 Å². The predicted octanol–water partition coefficient (Wildman–Crippen LogP) is 5.84. The Balaban J connectivity index is 1.75. The van der Waals surface area contributed by atoms with Crippen molar-refractivity contribution in [1.82, 2.24) is 4.72 Å². The maximum Gasteiger partial charge on any atom is 0.347 e. The van der Waals surface area contributed by atoms with Gasteiger partial charge in [-0.25, -0.2) is 18.1 Å². The van der Waals surface area contributed by atoms with Gasteiger partial charge in [0.15, 0.2) is 5.75 Å². The van der Waals surface area contributed by atoms with Crippen LogP contribution in [0, 0.1) is 12.7 Å². The molecule has 1 heterocycles. The summed E-state index contributed by atoms with van der Waals surface area (Å²) in [6.07, 6.45) is 2.29. The molecule has 4 rings (SSSR count). The van der Waals surface area contributed by atoms with E-state index in [1.807, 2.05) is 43.3 Å². The van der Waals surface area contributed by atoms with E-state index in [4.69, 9.17) is 9.47 Å². The molecule has 0 radical (unpaired) electrons. The summed E-state index contributed by atoms with van der Waals surface area (Å²) in [4.78, 5) is 13.3. The molecule has 3 aromatic carbocycles. The molecular weight excluding hydrogens is 479 g/mol. The zero-order chi connectivity index (χ0) is 25.5. The number of hydrogen-bond acceptors (Lipinski definition) is 5. The van der Waals surface area contributed by atoms with Crippen molar-refractivity contribution in [3.63, 3.8) is 0 Å². The van der Waals surface area contributed by atoms with Gasteiger partial charge < -0.3 is 14.8 Å². The molecule has 2 unspecified atom stereocenters. The van der Waals surface area contributed by atoms with Crippen molar-refractivity contribution < 1.29 is 22.9 Å². The molecular formula is C28H31FN2O4S. The highest BCUT2D eigenvalue weighted by molar-refractivity contribution is 7.83. The van der Waals surface area contributed by atoms with Gasteiger partial charge in [-0.15, -0.1) is 0 Å². The first-order valence-corrected chi connectivity index (χ1v) is 13.5. The number of halogens is 1. The van der Waals surface area contributed by atoms with Crippen LogP contribution in [0.5, 0.6) is 11.5 Å². The Kier molecular flexibility index (Phi) is 8.72. The first-order chi connectivity index (χ1) is 17.5. The number of nitrogens with one attached hydrogen (secondary N) is 2. The van der Waals surface area contributed by atoms with Gasteiger partial charge in [-0.1, -0.05) is 61.9 Å². The molecule has 0 bridgehead atoms. The second-order valence-corrected chi connectivity index (χ2v) is 10.0. The van der Waals surface area contributed by atoms with Crippen LogP contribution >= 0.6 is 0 Å². The molecule has 2 atom stereocenters. The largest absolute Gasteiger partial charge is 0.486 e. The molecule has 36 heavy (non-hydrogen) atoms. The molecule has 0 aromatic heterocycles. The SMILES string of the molecule is CCCCS(=O)NC1CCNc2c(OCc3ccccc3)c(C(=O)Oc3ccccc3)c(C)c(F)c21. The van der Waals surface area contributed by atoms with Crippen LogP contribution in [-0.2, 0) is 17.6 Å². The van der Waals surface area contributed by atoms with Gasteiger partial charge in [-0.05, 0) is 37.5 Å². The highest BCUT2D eigenvalue weighted by Crippen LogP contribution is 2.44. The maximum atomic E-state index is 15.9. The van der Waals surface area contributed by atoms with Crippen molar-refractivity contribution >= 4 is 22.6 Å². The number of hydrogen-bond donors (Lipinski definition) is 2. The molecule has 0 amide bonds. The number of rotatable bonds is 10. The van der Waals surface area contributed by atoms with Crippen LogP contribution in [-0.4, -0.2) is 22.5 Å². The van der Waals surface area contributed by atoms with E-state index in [1.165, 1.54) is 0 Å². The third-order valence-electron chi connectivity index (χ3n) is 6.09. The first-order valence-electron chi connectivity index (χ1n) is 12.2. The zero-order valence-corrected chi connectivity index (χ0v) is 21.3. The number of ether oxygens (including phenoxy) is 2. The fourth-order valence-corrected chi connectivity index (χ4v) is 5.43. The third-order valence-corrected chi connectivity index (χ3v) is 7.30. The lowest BCUT2D eigenvalue weighted by Crippen LogP contribution is -2.33. The van der Waals surface area contributed by atoms with Crippen molar-refractivity contribution in [3.05, 3.63) is 88.7 Å². The van der Waals surface area contributed by atoms with Gasteiger partial charge in [-0.3, -0.25) is 0 Å². The predicted molar refractivity (Wildman–Crippen MR) is 140 cm³/mol. The molecule has 0 fully saturated rings. The quantitative estimate of drug-likeness (QED) is 0.265. The third kappa shape index (κ3) is 5.94. The summed E-state index contributed by atoms with van der Waals surface area (Å²) in [5, 5.41) is 3.23. The smallest absolute Gasteiger partial charge is 0.347 e. The van der Waals surface area contributed by atoms with Crippen molar-refractivity contribution in [2.24, 2.45) is 0 Å². The summed E-state index contributed by atoms with van der Waals surface area (Å²) in [6.45, 7) is 4.28. The molecule has 8 heteroatoms. The average molecular weight is 511 g/mol. The molecule has 0 spiro atoms. The molecule has 6 nitrogen and oxygen atoms in total.